The lowest BCUT2D eigenvalue weighted by Gasteiger charge is -2.32. The predicted molar refractivity (Wildman–Crippen MR) is 178 cm³/mol. The van der Waals surface area contributed by atoms with Crippen molar-refractivity contribution < 1.29 is 55.8 Å². The minimum atomic E-state index is -5.94. The summed E-state index contributed by atoms with van der Waals surface area (Å²) in [7, 11) is -11.8. The highest BCUT2D eigenvalue weighted by Crippen LogP contribution is 2.61. The zero-order valence-electron chi connectivity index (χ0n) is 25.5. The molecule has 0 saturated heterocycles. The minimum absolute atomic E-state index is 0.0634. The smallest absolute Gasteiger partial charge is 0.399 e. The van der Waals surface area contributed by atoms with Crippen LogP contribution in [-0.4, -0.2) is 31.3 Å². The van der Waals surface area contributed by atoms with Gasteiger partial charge < -0.3 is 24.3 Å². The van der Waals surface area contributed by atoms with Crippen LogP contribution in [-0.2, 0) is 55.2 Å². The molecule has 262 valence electrons. The van der Waals surface area contributed by atoms with Crippen LogP contribution in [0.2, 0.25) is 5.02 Å². The molecule has 0 spiro atoms. The number of hydrogen-bond acceptors (Lipinski definition) is 5. The van der Waals surface area contributed by atoms with Crippen LogP contribution in [0, 0.1) is 5.41 Å². The number of carbonyl (C=O) groups is 1. The third kappa shape index (κ3) is 9.42. The summed E-state index contributed by atoms with van der Waals surface area (Å²) in [6.07, 6.45) is -0.341. The Morgan fingerprint density at radius 1 is 0.694 bits per heavy atom. The van der Waals surface area contributed by atoms with Crippen molar-refractivity contribution in [2.24, 2.45) is 5.41 Å². The maximum Gasteiger partial charge on any atom is 0.399 e. The molecule has 4 aromatic rings. The fourth-order valence-electron chi connectivity index (χ4n) is 5.02. The molecular weight excluding hydrogens is 730 g/mol. The number of rotatable bonds is 15. The molecule has 0 saturated carbocycles. The number of alkyl halides is 4. The van der Waals surface area contributed by atoms with E-state index in [2.05, 4.69) is 0 Å². The molecule has 8 nitrogen and oxygen atoms in total. The number of hydrogen-bond donors (Lipinski definition) is 4. The molecule has 4 aromatic carbocycles. The molecule has 4 rings (SSSR count). The van der Waals surface area contributed by atoms with E-state index in [9.17, 15) is 41.3 Å². The largest absolute Gasteiger partial charge is 0.460 e. The number of thioether (sulfide) groups is 1. The van der Waals surface area contributed by atoms with Gasteiger partial charge >= 0.3 is 32.5 Å². The van der Waals surface area contributed by atoms with E-state index < -0.39 is 54.1 Å². The molecule has 1 atom stereocenters. The summed E-state index contributed by atoms with van der Waals surface area (Å²) in [4.78, 5) is 51.0. The van der Waals surface area contributed by atoms with Gasteiger partial charge in [0, 0.05) is 17.1 Å². The monoisotopic (exact) mass is 760 g/mol. The quantitative estimate of drug-likeness (QED) is 0.0536. The average molecular weight is 761 g/mol. The third-order valence-corrected chi connectivity index (χ3v) is 11.2. The van der Waals surface area contributed by atoms with Gasteiger partial charge in [-0.05, 0) is 41.2 Å². The normalized spacial score (nSPS) is 13.9. The molecule has 1 unspecified atom stereocenters. The van der Waals surface area contributed by atoms with Crippen molar-refractivity contribution in [1.29, 1.82) is 0 Å². The summed E-state index contributed by atoms with van der Waals surface area (Å²) >= 11 is 7.48. The summed E-state index contributed by atoms with van der Waals surface area (Å²) in [5.74, 6) is -0.216. The second-order valence-corrected chi connectivity index (χ2v) is 16.0. The van der Waals surface area contributed by atoms with Gasteiger partial charge in [-0.15, -0.1) is 0 Å². The van der Waals surface area contributed by atoms with Crippen molar-refractivity contribution in [2.45, 2.75) is 36.5 Å². The first-order chi connectivity index (χ1) is 22.9. The van der Waals surface area contributed by atoms with Gasteiger partial charge in [0.15, 0.2) is 0 Å². The Morgan fingerprint density at radius 3 is 1.73 bits per heavy atom. The van der Waals surface area contributed by atoms with Gasteiger partial charge in [-0.1, -0.05) is 109 Å². The second kappa shape index (κ2) is 15.5. The van der Waals surface area contributed by atoms with Crippen LogP contribution < -0.4 is 0 Å². The lowest BCUT2D eigenvalue weighted by molar-refractivity contribution is -0.156. The van der Waals surface area contributed by atoms with E-state index in [0.29, 0.717) is 16.9 Å². The Labute approximate surface area is 288 Å². The minimum Gasteiger partial charge on any atom is -0.460 e. The standard InChI is InChI=1S/C33H31ClF4O8P2S/c34-29-17-26(13-16-28(29)33(37,38)48(43,44)45)19-31(22-49-21-25-9-5-2-6-10-25,30(39)46-20-24-7-3-1-4-8-24)18-23-11-14-27(15-12-23)32(35,36)47(40,41)42/h1-17H,18-22H2,(H2,40,41,42)(H2,43,44,45). The van der Waals surface area contributed by atoms with Crippen molar-refractivity contribution in [1.82, 2.24) is 0 Å². The maximum atomic E-state index is 14.6. The Hall–Kier alpha value is -2.99. The fourth-order valence-corrected chi connectivity index (χ4v) is 7.65. The van der Waals surface area contributed by atoms with Crippen LogP contribution in [0.25, 0.3) is 0 Å². The molecule has 4 N–H and O–H groups in total. The SMILES string of the molecule is O=C(OCc1ccccc1)C(CSCc1ccccc1)(Cc1ccc(C(F)(F)P(=O)(O)O)cc1)Cc1ccc(C(F)(F)P(=O)(O)O)c(Cl)c1. The van der Waals surface area contributed by atoms with Gasteiger partial charge in [-0.3, -0.25) is 13.9 Å². The number of benzene rings is 4. The molecule has 0 amide bonds. The topological polar surface area (TPSA) is 141 Å². The van der Waals surface area contributed by atoms with Gasteiger partial charge in [0.05, 0.1) is 16.0 Å². The molecule has 0 heterocycles. The molecule has 16 heteroatoms. The summed E-state index contributed by atoms with van der Waals surface area (Å²) in [5.41, 5.74) is -10.5. The number of esters is 1. The highest BCUT2D eigenvalue weighted by molar-refractivity contribution is 7.98. The van der Waals surface area contributed by atoms with E-state index in [4.69, 9.17) is 26.1 Å². The fraction of sp³-hybridized carbons (Fsp3) is 0.242. The first-order valence-electron chi connectivity index (χ1n) is 14.4. The maximum absolute atomic E-state index is 14.6. The van der Waals surface area contributed by atoms with Crippen LogP contribution in [0.5, 0.6) is 0 Å². The van der Waals surface area contributed by atoms with Gasteiger partial charge in [-0.25, -0.2) is 0 Å². The van der Waals surface area contributed by atoms with E-state index in [-0.39, 0.29) is 30.8 Å². The molecule has 0 bridgehead atoms. The van der Waals surface area contributed by atoms with Crippen LogP contribution >= 0.6 is 38.6 Å². The number of ether oxygens (including phenoxy) is 1. The van der Waals surface area contributed by atoms with Crippen LogP contribution in [0.15, 0.2) is 103 Å². The van der Waals surface area contributed by atoms with Gasteiger partial charge in [0.1, 0.15) is 6.61 Å². The first kappa shape index (κ1) is 38.8. The molecule has 0 aliphatic carbocycles. The van der Waals surface area contributed by atoms with Crippen LogP contribution in [0.1, 0.15) is 33.4 Å². The number of halogens is 5. The van der Waals surface area contributed by atoms with E-state index >= 15 is 0 Å². The number of carbonyl (C=O) groups excluding carboxylic acids is 1. The highest BCUT2D eigenvalue weighted by atomic mass is 35.5. The molecule has 0 aromatic heterocycles. The lowest BCUT2D eigenvalue weighted by atomic mass is 9.77. The lowest BCUT2D eigenvalue weighted by Crippen LogP contribution is -2.40. The van der Waals surface area contributed by atoms with Gasteiger partial charge in [0.25, 0.3) is 0 Å². The summed E-state index contributed by atoms with van der Waals surface area (Å²) in [5, 5.41) is -0.654. The molecule has 0 aliphatic heterocycles. The summed E-state index contributed by atoms with van der Waals surface area (Å²) < 4.78 is 86.7. The Bertz CT molecular complexity index is 1840. The zero-order valence-corrected chi connectivity index (χ0v) is 28.8. The van der Waals surface area contributed by atoms with Crippen LogP contribution in [0.4, 0.5) is 17.6 Å². The second-order valence-electron chi connectivity index (χ2n) is 11.4. The van der Waals surface area contributed by atoms with E-state index in [1.165, 1.54) is 23.9 Å². The zero-order chi connectivity index (χ0) is 36.1. The van der Waals surface area contributed by atoms with E-state index in [1.807, 2.05) is 30.3 Å². The Morgan fingerprint density at radius 2 is 1.20 bits per heavy atom. The predicted octanol–water partition coefficient (Wildman–Crippen LogP) is 8.24. The molecule has 0 aliphatic rings. The first-order valence-corrected chi connectivity index (χ1v) is 19.2. The van der Waals surface area contributed by atoms with Crippen LogP contribution in [0.3, 0.4) is 0 Å². The average Bonchev–Trinajstić information content (AvgIpc) is 3.03. The van der Waals surface area contributed by atoms with Gasteiger partial charge in [-0.2, -0.15) is 29.3 Å². The summed E-state index contributed by atoms with van der Waals surface area (Å²) in [6.45, 7) is -0.133. The summed E-state index contributed by atoms with van der Waals surface area (Å²) in [6, 6.07) is 25.1. The molecule has 0 radical (unpaired) electrons. The van der Waals surface area contributed by atoms with E-state index in [0.717, 1.165) is 35.9 Å². The van der Waals surface area contributed by atoms with E-state index in [1.54, 1.807) is 30.3 Å². The Kier molecular flexibility index (Phi) is 12.3. The highest BCUT2D eigenvalue weighted by Gasteiger charge is 2.52. The molecule has 0 fully saturated rings. The van der Waals surface area contributed by atoms with Crippen molar-refractivity contribution >= 4 is 44.5 Å². The van der Waals surface area contributed by atoms with Crippen molar-refractivity contribution in [2.75, 3.05) is 5.75 Å². The van der Waals surface area contributed by atoms with Crippen molar-refractivity contribution in [3.8, 4) is 0 Å². The molecular formula is C33H31ClF4O8P2S. The molecule has 49 heavy (non-hydrogen) atoms. The third-order valence-electron chi connectivity index (χ3n) is 7.61. The Balaban J connectivity index is 1.77. The van der Waals surface area contributed by atoms with Crippen molar-refractivity contribution in [3.63, 3.8) is 0 Å². The van der Waals surface area contributed by atoms with Gasteiger partial charge in [0.2, 0.25) is 0 Å². The van der Waals surface area contributed by atoms with Crippen molar-refractivity contribution in [3.05, 3.63) is 142 Å².